The van der Waals surface area contributed by atoms with Gasteiger partial charge in [0, 0.05) is 21.3 Å². The molecule has 3 nitrogen and oxygen atoms in total. The van der Waals surface area contributed by atoms with Crippen LogP contribution in [0.1, 0.15) is 23.5 Å². The van der Waals surface area contributed by atoms with Crippen LogP contribution in [0.3, 0.4) is 0 Å². The molecular weight excluding hydrogens is 289 g/mol. The molecule has 0 bridgehead atoms. The van der Waals surface area contributed by atoms with E-state index in [1.165, 1.54) is 23.5 Å². The maximum absolute atomic E-state index is 13.2. The van der Waals surface area contributed by atoms with Crippen molar-refractivity contribution in [3.05, 3.63) is 59.0 Å². The van der Waals surface area contributed by atoms with E-state index in [1.54, 1.807) is 30.6 Å². The number of aromatic nitrogens is 1. The van der Waals surface area contributed by atoms with Crippen molar-refractivity contribution >= 4 is 21.4 Å². The van der Waals surface area contributed by atoms with Crippen molar-refractivity contribution < 1.29 is 14.2 Å². The molecule has 108 valence electrons. The van der Waals surface area contributed by atoms with Gasteiger partial charge in [0.15, 0.2) is 0 Å². The number of hydrogen-bond donors (Lipinski definition) is 1. The Hall–Kier alpha value is -1.98. The predicted octanol–water partition coefficient (Wildman–Crippen LogP) is 3.92. The van der Waals surface area contributed by atoms with Crippen LogP contribution in [0, 0.1) is 5.82 Å². The van der Waals surface area contributed by atoms with Crippen LogP contribution in [0.15, 0.2) is 42.7 Å². The third-order valence-corrected chi connectivity index (χ3v) is 4.30. The van der Waals surface area contributed by atoms with Crippen molar-refractivity contribution in [1.82, 2.24) is 4.98 Å². The SMILES string of the molecule is CCOc1cncc(C(O)c2cc3cc(F)ccc3s2)c1. The highest BCUT2D eigenvalue weighted by atomic mass is 32.1. The Morgan fingerprint density at radius 2 is 2.14 bits per heavy atom. The highest BCUT2D eigenvalue weighted by Crippen LogP contribution is 2.34. The molecule has 5 heteroatoms. The van der Waals surface area contributed by atoms with Gasteiger partial charge in [-0.3, -0.25) is 4.98 Å². The van der Waals surface area contributed by atoms with Gasteiger partial charge < -0.3 is 9.84 Å². The monoisotopic (exact) mass is 303 g/mol. The second-order valence-electron chi connectivity index (χ2n) is 4.62. The molecule has 1 N–H and O–H groups in total. The van der Waals surface area contributed by atoms with Crippen LogP contribution in [0.4, 0.5) is 4.39 Å². The molecule has 21 heavy (non-hydrogen) atoms. The van der Waals surface area contributed by atoms with Crippen molar-refractivity contribution in [2.75, 3.05) is 6.61 Å². The number of rotatable bonds is 4. The topological polar surface area (TPSA) is 42.4 Å². The fraction of sp³-hybridized carbons (Fsp3) is 0.188. The molecule has 2 aromatic heterocycles. The lowest BCUT2D eigenvalue weighted by Crippen LogP contribution is -1.99. The highest BCUT2D eigenvalue weighted by Gasteiger charge is 2.15. The molecule has 0 radical (unpaired) electrons. The minimum absolute atomic E-state index is 0.277. The van der Waals surface area contributed by atoms with Crippen LogP contribution in [0.2, 0.25) is 0 Å². The molecule has 0 aliphatic rings. The summed E-state index contributed by atoms with van der Waals surface area (Å²) in [6, 6.07) is 8.19. The Labute approximate surface area is 125 Å². The first kappa shape index (κ1) is 14.0. The van der Waals surface area contributed by atoms with Crippen LogP contribution in [-0.4, -0.2) is 16.7 Å². The second-order valence-corrected chi connectivity index (χ2v) is 5.74. The summed E-state index contributed by atoms with van der Waals surface area (Å²) in [6.07, 6.45) is 2.43. The predicted molar refractivity (Wildman–Crippen MR) is 81.3 cm³/mol. The number of ether oxygens (including phenoxy) is 1. The van der Waals surface area contributed by atoms with E-state index in [-0.39, 0.29) is 5.82 Å². The summed E-state index contributed by atoms with van der Waals surface area (Å²) in [4.78, 5) is 4.83. The lowest BCUT2D eigenvalue weighted by atomic mass is 10.1. The van der Waals surface area contributed by atoms with Gasteiger partial charge in [-0.05, 0) is 42.6 Å². The number of thiophene rings is 1. The standard InChI is InChI=1S/C16H14FNO2S/c1-2-20-13-6-11(8-18-9-13)16(19)15-7-10-5-12(17)3-4-14(10)21-15/h3-9,16,19H,2H2,1H3. The molecule has 3 aromatic rings. The molecule has 0 saturated heterocycles. The van der Waals surface area contributed by atoms with E-state index in [4.69, 9.17) is 4.74 Å². The largest absolute Gasteiger partial charge is 0.492 e. The number of halogens is 1. The summed E-state index contributed by atoms with van der Waals surface area (Å²) < 4.78 is 19.6. The smallest absolute Gasteiger partial charge is 0.137 e. The van der Waals surface area contributed by atoms with Crippen molar-refractivity contribution in [2.24, 2.45) is 0 Å². The highest BCUT2D eigenvalue weighted by molar-refractivity contribution is 7.19. The first-order chi connectivity index (χ1) is 10.2. The summed E-state index contributed by atoms with van der Waals surface area (Å²) in [5.74, 6) is 0.350. The Bertz CT molecular complexity index is 772. The number of hydrogen-bond acceptors (Lipinski definition) is 4. The van der Waals surface area contributed by atoms with Gasteiger partial charge in [-0.15, -0.1) is 11.3 Å². The molecule has 0 aliphatic heterocycles. The molecule has 0 fully saturated rings. The number of nitrogens with zero attached hydrogens (tertiary/aromatic N) is 1. The summed E-state index contributed by atoms with van der Waals surface area (Å²) >= 11 is 1.44. The summed E-state index contributed by atoms with van der Waals surface area (Å²) in [5, 5.41) is 11.3. The van der Waals surface area contributed by atoms with Gasteiger partial charge in [-0.2, -0.15) is 0 Å². The third kappa shape index (κ3) is 2.89. The van der Waals surface area contributed by atoms with Gasteiger partial charge in [-0.25, -0.2) is 4.39 Å². The van der Waals surface area contributed by atoms with E-state index in [9.17, 15) is 9.50 Å². The minimum Gasteiger partial charge on any atom is -0.492 e. The van der Waals surface area contributed by atoms with E-state index in [0.717, 1.165) is 15.0 Å². The second kappa shape index (κ2) is 5.79. The van der Waals surface area contributed by atoms with Gasteiger partial charge in [0.1, 0.15) is 17.7 Å². The van der Waals surface area contributed by atoms with Crippen molar-refractivity contribution in [2.45, 2.75) is 13.0 Å². The first-order valence-corrected chi connectivity index (χ1v) is 7.44. The third-order valence-electron chi connectivity index (χ3n) is 3.13. The van der Waals surface area contributed by atoms with Crippen molar-refractivity contribution in [1.29, 1.82) is 0 Å². The molecule has 1 atom stereocenters. The quantitative estimate of drug-likeness (QED) is 0.794. The molecule has 1 aromatic carbocycles. The molecule has 0 spiro atoms. The number of aliphatic hydroxyl groups excluding tert-OH is 1. The molecule has 0 saturated carbocycles. The van der Waals surface area contributed by atoms with Crippen LogP contribution in [-0.2, 0) is 0 Å². The summed E-state index contributed by atoms with van der Waals surface area (Å²) in [7, 11) is 0. The average Bonchev–Trinajstić information content (AvgIpc) is 2.90. The van der Waals surface area contributed by atoms with Crippen LogP contribution < -0.4 is 4.74 Å². The van der Waals surface area contributed by atoms with Gasteiger partial charge in [0.25, 0.3) is 0 Å². The molecule has 0 amide bonds. The number of aliphatic hydroxyl groups is 1. The van der Waals surface area contributed by atoms with Crippen molar-refractivity contribution in [3.8, 4) is 5.75 Å². The van der Waals surface area contributed by atoms with Gasteiger partial charge >= 0.3 is 0 Å². The van der Waals surface area contributed by atoms with Gasteiger partial charge in [-0.1, -0.05) is 0 Å². The lowest BCUT2D eigenvalue weighted by molar-refractivity contribution is 0.223. The lowest BCUT2D eigenvalue weighted by Gasteiger charge is -2.10. The molecular formula is C16H14FNO2S. The van der Waals surface area contributed by atoms with Crippen molar-refractivity contribution in [3.63, 3.8) is 0 Å². The van der Waals surface area contributed by atoms with E-state index in [2.05, 4.69) is 4.98 Å². The Morgan fingerprint density at radius 3 is 2.95 bits per heavy atom. The molecule has 0 aliphatic carbocycles. The zero-order valence-corrected chi connectivity index (χ0v) is 12.2. The van der Waals surface area contributed by atoms with Gasteiger partial charge in [0.2, 0.25) is 0 Å². The molecule has 1 unspecified atom stereocenters. The Morgan fingerprint density at radius 1 is 1.29 bits per heavy atom. The van der Waals surface area contributed by atoms with E-state index < -0.39 is 6.10 Å². The zero-order chi connectivity index (χ0) is 14.8. The van der Waals surface area contributed by atoms with Crippen LogP contribution in [0.25, 0.3) is 10.1 Å². The maximum atomic E-state index is 13.2. The number of benzene rings is 1. The summed E-state index contributed by atoms with van der Waals surface area (Å²) in [5.41, 5.74) is 0.660. The zero-order valence-electron chi connectivity index (χ0n) is 11.4. The minimum atomic E-state index is -0.793. The normalized spacial score (nSPS) is 12.5. The molecule has 2 heterocycles. The molecule has 3 rings (SSSR count). The average molecular weight is 303 g/mol. The van der Waals surface area contributed by atoms with Gasteiger partial charge in [0.05, 0.1) is 12.8 Å². The van der Waals surface area contributed by atoms with E-state index in [1.807, 2.05) is 6.92 Å². The Kier molecular flexibility index (Phi) is 3.86. The van der Waals surface area contributed by atoms with Crippen LogP contribution >= 0.6 is 11.3 Å². The number of fused-ring (bicyclic) bond motifs is 1. The maximum Gasteiger partial charge on any atom is 0.137 e. The van der Waals surface area contributed by atoms with E-state index >= 15 is 0 Å². The summed E-state index contributed by atoms with van der Waals surface area (Å²) in [6.45, 7) is 2.44. The number of pyridine rings is 1. The fourth-order valence-electron chi connectivity index (χ4n) is 2.16. The Balaban J connectivity index is 1.95. The van der Waals surface area contributed by atoms with Crippen LogP contribution in [0.5, 0.6) is 5.75 Å². The van der Waals surface area contributed by atoms with E-state index in [0.29, 0.717) is 17.9 Å². The fourth-order valence-corrected chi connectivity index (χ4v) is 3.22. The first-order valence-electron chi connectivity index (χ1n) is 6.62.